The van der Waals surface area contributed by atoms with Crippen LogP contribution in [0.5, 0.6) is 0 Å². The zero-order valence-electron chi connectivity index (χ0n) is 13.3. The summed E-state index contributed by atoms with van der Waals surface area (Å²) in [5.41, 5.74) is 4.10. The molecule has 0 saturated heterocycles. The van der Waals surface area contributed by atoms with E-state index >= 15 is 0 Å². The number of hydrogen-bond acceptors (Lipinski definition) is 4. The fourth-order valence-corrected chi connectivity index (χ4v) is 2.89. The van der Waals surface area contributed by atoms with E-state index < -0.39 is 0 Å². The SMILES string of the molecule is C/C(CN1C(=O)c2ccccc2C1=O)=N\NC(=O)c1cccc(Br)c1. The van der Waals surface area contributed by atoms with Gasteiger partial charge in [-0.3, -0.25) is 19.3 Å². The topological polar surface area (TPSA) is 78.8 Å². The molecule has 1 aliphatic heterocycles. The number of carbonyl (C=O) groups is 3. The number of hydrazone groups is 1. The third kappa shape index (κ3) is 3.51. The lowest BCUT2D eigenvalue weighted by Gasteiger charge is -2.13. The Hall–Kier alpha value is -2.80. The summed E-state index contributed by atoms with van der Waals surface area (Å²) >= 11 is 3.30. The number of rotatable bonds is 4. The minimum atomic E-state index is -0.372. The molecule has 3 rings (SSSR count). The van der Waals surface area contributed by atoms with Crippen LogP contribution in [0.15, 0.2) is 58.1 Å². The molecule has 1 aliphatic rings. The van der Waals surface area contributed by atoms with Gasteiger partial charge in [-0.25, -0.2) is 5.43 Å². The van der Waals surface area contributed by atoms with E-state index in [1.807, 2.05) is 6.07 Å². The van der Waals surface area contributed by atoms with Gasteiger partial charge in [0.1, 0.15) is 0 Å². The Morgan fingerprint density at radius 1 is 1.08 bits per heavy atom. The highest BCUT2D eigenvalue weighted by molar-refractivity contribution is 9.10. The highest BCUT2D eigenvalue weighted by Gasteiger charge is 2.35. The predicted octanol–water partition coefficient (Wildman–Crippen LogP) is 2.85. The molecule has 7 heteroatoms. The number of benzene rings is 2. The smallest absolute Gasteiger partial charge is 0.269 e. The standard InChI is InChI=1S/C18H14BrN3O3/c1-11(20-21-16(23)12-5-4-6-13(19)9-12)10-22-17(24)14-7-2-3-8-15(14)18(22)25/h2-9H,10H2,1H3,(H,21,23)/b20-11+. The zero-order valence-corrected chi connectivity index (χ0v) is 14.9. The van der Waals surface area contributed by atoms with Crippen LogP contribution in [0.25, 0.3) is 0 Å². The van der Waals surface area contributed by atoms with Gasteiger partial charge in [0.05, 0.1) is 23.4 Å². The average Bonchev–Trinajstić information content (AvgIpc) is 2.85. The number of imide groups is 1. The number of fused-ring (bicyclic) bond motifs is 1. The molecule has 25 heavy (non-hydrogen) atoms. The second kappa shape index (κ2) is 6.98. The average molecular weight is 400 g/mol. The first-order chi connectivity index (χ1) is 12.0. The third-order valence-electron chi connectivity index (χ3n) is 3.70. The van der Waals surface area contributed by atoms with Crippen LogP contribution in [-0.2, 0) is 0 Å². The Morgan fingerprint density at radius 2 is 1.72 bits per heavy atom. The molecule has 0 fully saturated rings. The largest absolute Gasteiger partial charge is 0.271 e. The first-order valence-corrected chi connectivity index (χ1v) is 8.31. The van der Waals surface area contributed by atoms with Gasteiger partial charge in [0.15, 0.2) is 0 Å². The van der Waals surface area contributed by atoms with Crippen molar-refractivity contribution in [3.05, 3.63) is 69.7 Å². The molecule has 1 heterocycles. The Morgan fingerprint density at radius 3 is 2.32 bits per heavy atom. The van der Waals surface area contributed by atoms with Crippen molar-refractivity contribution in [2.75, 3.05) is 6.54 Å². The molecule has 0 saturated carbocycles. The Labute approximate surface area is 152 Å². The molecule has 0 aliphatic carbocycles. The zero-order chi connectivity index (χ0) is 18.0. The van der Waals surface area contributed by atoms with Gasteiger partial charge in [-0.15, -0.1) is 0 Å². The molecule has 2 aromatic rings. The summed E-state index contributed by atoms with van der Waals surface area (Å²) in [6.07, 6.45) is 0. The van der Waals surface area contributed by atoms with Crippen LogP contribution in [-0.4, -0.2) is 34.9 Å². The molecule has 0 atom stereocenters. The van der Waals surface area contributed by atoms with E-state index in [0.29, 0.717) is 22.4 Å². The van der Waals surface area contributed by atoms with E-state index in [-0.39, 0.29) is 24.3 Å². The summed E-state index contributed by atoms with van der Waals surface area (Å²) < 4.78 is 0.784. The van der Waals surface area contributed by atoms with Gasteiger partial charge in [-0.1, -0.05) is 34.1 Å². The summed E-state index contributed by atoms with van der Waals surface area (Å²) in [5, 5.41) is 3.98. The lowest BCUT2D eigenvalue weighted by atomic mass is 10.1. The summed E-state index contributed by atoms with van der Waals surface area (Å²) in [6.45, 7) is 1.66. The number of amides is 3. The predicted molar refractivity (Wildman–Crippen MR) is 96.5 cm³/mol. The summed E-state index contributed by atoms with van der Waals surface area (Å²) in [7, 11) is 0. The Balaban J connectivity index is 1.68. The van der Waals surface area contributed by atoms with E-state index in [1.165, 1.54) is 0 Å². The molecule has 0 unspecified atom stereocenters. The van der Waals surface area contributed by atoms with Crippen molar-refractivity contribution in [3.8, 4) is 0 Å². The maximum Gasteiger partial charge on any atom is 0.271 e. The highest BCUT2D eigenvalue weighted by atomic mass is 79.9. The van der Waals surface area contributed by atoms with Crippen molar-refractivity contribution in [3.63, 3.8) is 0 Å². The normalized spacial score (nSPS) is 13.8. The molecule has 0 bridgehead atoms. The second-order valence-electron chi connectivity index (χ2n) is 5.54. The molecule has 0 radical (unpaired) electrons. The maximum absolute atomic E-state index is 12.3. The van der Waals surface area contributed by atoms with Crippen molar-refractivity contribution >= 4 is 39.4 Å². The van der Waals surface area contributed by atoms with E-state index in [2.05, 4.69) is 26.5 Å². The van der Waals surface area contributed by atoms with Crippen molar-refractivity contribution < 1.29 is 14.4 Å². The molecular weight excluding hydrogens is 386 g/mol. The van der Waals surface area contributed by atoms with Gasteiger partial charge in [0.2, 0.25) is 0 Å². The minimum Gasteiger partial charge on any atom is -0.269 e. The first-order valence-electron chi connectivity index (χ1n) is 7.51. The third-order valence-corrected chi connectivity index (χ3v) is 4.19. The summed E-state index contributed by atoms with van der Waals surface area (Å²) in [4.78, 5) is 37.8. The quantitative estimate of drug-likeness (QED) is 0.487. The fourth-order valence-electron chi connectivity index (χ4n) is 2.49. The van der Waals surface area contributed by atoms with Gasteiger partial charge in [0, 0.05) is 10.0 Å². The molecule has 2 aromatic carbocycles. The van der Waals surface area contributed by atoms with Crippen LogP contribution in [0.3, 0.4) is 0 Å². The lowest BCUT2D eigenvalue weighted by molar-refractivity contribution is 0.0677. The van der Waals surface area contributed by atoms with Crippen molar-refractivity contribution in [1.29, 1.82) is 0 Å². The molecule has 0 aromatic heterocycles. The first kappa shape index (κ1) is 17.0. The van der Waals surface area contributed by atoms with Gasteiger partial charge >= 0.3 is 0 Å². The Bertz CT molecular complexity index is 873. The van der Waals surface area contributed by atoms with Gasteiger partial charge in [-0.05, 0) is 37.3 Å². The van der Waals surface area contributed by atoms with Crippen molar-refractivity contribution in [1.82, 2.24) is 10.3 Å². The van der Waals surface area contributed by atoms with Crippen LogP contribution in [0.4, 0.5) is 0 Å². The van der Waals surface area contributed by atoms with E-state index in [4.69, 9.17) is 0 Å². The maximum atomic E-state index is 12.3. The lowest BCUT2D eigenvalue weighted by Crippen LogP contribution is -2.35. The van der Waals surface area contributed by atoms with Gasteiger partial charge < -0.3 is 0 Å². The van der Waals surface area contributed by atoms with E-state index in [0.717, 1.165) is 9.37 Å². The van der Waals surface area contributed by atoms with Crippen LogP contribution in [0.1, 0.15) is 38.0 Å². The number of carbonyl (C=O) groups excluding carboxylic acids is 3. The van der Waals surface area contributed by atoms with Crippen LogP contribution in [0, 0.1) is 0 Å². The fraction of sp³-hybridized carbons (Fsp3) is 0.111. The van der Waals surface area contributed by atoms with Crippen molar-refractivity contribution in [2.24, 2.45) is 5.10 Å². The summed E-state index contributed by atoms with van der Waals surface area (Å²) in [5.74, 6) is -1.08. The molecule has 6 nitrogen and oxygen atoms in total. The molecular formula is C18H14BrN3O3. The van der Waals surface area contributed by atoms with Crippen LogP contribution < -0.4 is 5.43 Å². The highest BCUT2D eigenvalue weighted by Crippen LogP contribution is 2.22. The van der Waals surface area contributed by atoms with Crippen LogP contribution >= 0.6 is 15.9 Å². The number of nitrogens with one attached hydrogen (secondary N) is 1. The molecule has 126 valence electrons. The second-order valence-corrected chi connectivity index (χ2v) is 6.46. The van der Waals surface area contributed by atoms with Gasteiger partial charge in [-0.2, -0.15) is 5.10 Å². The number of nitrogens with zero attached hydrogens (tertiary/aromatic N) is 2. The number of hydrogen-bond donors (Lipinski definition) is 1. The van der Waals surface area contributed by atoms with Crippen molar-refractivity contribution in [2.45, 2.75) is 6.92 Å². The van der Waals surface area contributed by atoms with E-state index in [9.17, 15) is 14.4 Å². The number of halogens is 1. The Kier molecular flexibility index (Phi) is 4.76. The molecule has 0 spiro atoms. The molecule has 3 amide bonds. The van der Waals surface area contributed by atoms with Gasteiger partial charge in [0.25, 0.3) is 17.7 Å². The van der Waals surface area contributed by atoms with Crippen LogP contribution in [0.2, 0.25) is 0 Å². The summed E-state index contributed by atoms with van der Waals surface area (Å²) in [6, 6.07) is 13.6. The molecule has 1 N–H and O–H groups in total. The van der Waals surface area contributed by atoms with E-state index in [1.54, 1.807) is 49.4 Å². The minimum absolute atomic E-state index is 0.0190. The monoisotopic (exact) mass is 399 g/mol.